The van der Waals surface area contributed by atoms with E-state index < -0.39 is 17.1 Å². The molecular formula is C30H26N6O6S. The number of carbonyl (C=O) groups is 2. The van der Waals surface area contributed by atoms with Crippen molar-refractivity contribution in [3.8, 4) is 29.5 Å². The first-order valence-electron chi connectivity index (χ1n) is 13.0. The third-order valence-corrected chi connectivity index (χ3v) is 7.20. The zero-order valence-corrected chi connectivity index (χ0v) is 24.1. The summed E-state index contributed by atoms with van der Waals surface area (Å²) in [6.07, 6.45) is 0.253. The summed E-state index contributed by atoms with van der Waals surface area (Å²) in [5.74, 6) is 0.352. The van der Waals surface area contributed by atoms with Crippen LogP contribution in [-0.2, 0) is 22.3 Å². The minimum absolute atomic E-state index is 0.00120. The number of hydrogen-bond donors (Lipinski definition) is 3. The molecule has 0 aliphatic carbocycles. The molecule has 0 bridgehead atoms. The van der Waals surface area contributed by atoms with Crippen molar-refractivity contribution in [1.29, 1.82) is 5.26 Å². The van der Waals surface area contributed by atoms with Gasteiger partial charge in [0.05, 0.1) is 16.5 Å². The first kappa shape index (κ1) is 29.2. The Kier molecular flexibility index (Phi) is 8.33. The first-order chi connectivity index (χ1) is 20.6. The summed E-state index contributed by atoms with van der Waals surface area (Å²) in [5, 5.41) is 15.2. The van der Waals surface area contributed by atoms with Gasteiger partial charge in [0.25, 0.3) is 11.8 Å². The van der Waals surface area contributed by atoms with Crippen LogP contribution in [0.4, 0.5) is 11.5 Å². The van der Waals surface area contributed by atoms with Crippen LogP contribution in [0.15, 0.2) is 71.6 Å². The van der Waals surface area contributed by atoms with Crippen LogP contribution in [0.25, 0.3) is 0 Å². The molecule has 0 fully saturated rings. The highest BCUT2D eigenvalue weighted by atomic mass is 32.2. The van der Waals surface area contributed by atoms with E-state index in [-0.39, 0.29) is 46.5 Å². The van der Waals surface area contributed by atoms with Crippen molar-refractivity contribution < 1.29 is 27.8 Å². The number of nitrogens with zero attached hydrogens (tertiary/aromatic N) is 4. The highest BCUT2D eigenvalue weighted by Gasteiger charge is 2.31. The highest BCUT2D eigenvalue weighted by Crippen LogP contribution is 2.39. The lowest BCUT2D eigenvalue weighted by molar-refractivity contribution is -0.117. The minimum Gasteiger partial charge on any atom is -0.437 e. The predicted molar refractivity (Wildman–Crippen MR) is 158 cm³/mol. The smallest absolute Gasteiger partial charge is 0.327 e. The molecule has 2 unspecified atom stereocenters. The molecule has 43 heavy (non-hydrogen) atoms. The van der Waals surface area contributed by atoms with Crippen LogP contribution in [0.1, 0.15) is 27.0 Å². The van der Waals surface area contributed by atoms with Crippen molar-refractivity contribution in [2.45, 2.75) is 24.3 Å². The average Bonchev–Trinajstić information content (AvgIpc) is 2.98. The second kappa shape index (κ2) is 12.3. The molecule has 3 N–H and O–H groups in total. The molecule has 1 aromatic heterocycles. The van der Waals surface area contributed by atoms with Crippen LogP contribution < -0.4 is 20.1 Å². The van der Waals surface area contributed by atoms with E-state index in [0.717, 1.165) is 5.56 Å². The summed E-state index contributed by atoms with van der Waals surface area (Å²) in [4.78, 5) is 36.2. The Morgan fingerprint density at radius 3 is 2.49 bits per heavy atom. The number of carbonyl (C=O) groups excluding carboxylic acids is 2. The van der Waals surface area contributed by atoms with Crippen LogP contribution in [0.3, 0.4) is 0 Å². The number of anilines is 2. The van der Waals surface area contributed by atoms with Crippen molar-refractivity contribution in [3.63, 3.8) is 0 Å². The van der Waals surface area contributed by atoms with Gasteiger partial charge in [-0.25, -0.2) is 4.21 Å². The second-order valence-corrected chi connectivity index (χ2v) is 10.8. The van der Waals surface area contributed by atoms with Crippen LogP contribution in [-0.4, -0.2) is 55.6 Å². The fourth-order valence-electron chi connectivity index (χ4n) is 4.31. The molecule has 4 aromatic rings. The Morgan fingerprint density at radius 2 is 1.81 bits per heavy atom. The summed E-state index contributed by atoms with van der Waals surface area (Å²) in [5.41, 5.74) is 2.54. The van der Waals surface area contributed by atoms with Crippen LogP contribution in [0, 0.1) is 18.3 Å². The van der Waals surface area contributed by atoms with Gasteiger partial charge in [-0.1, -0.05) is 18.2 Å². The Bertz CT molecular complexity index is 1790. The molecule has 0 radical (unpaired) electrons. The minimum atomic E-state index is -2.11. The lowest BCUT2D eigenvalue weighted by atomic mass is 10.0. The molecule has 3 aromatic carbocycles. The van der Waals surface area contributed by atoms with Gasteiger partial charge in [0.15, 0.2) is 16.9 Å². The molecule has 2 atom stereocenters. The number of benzene rings is 3. The molecule has 2 heterocycles. The number of hydrogen-bond acceptors (Lipinski definition) is 9. The number of nitriles is 1. The van der Waals surface area contributed by atoms with Gasteiger partial charge in [-0.3, -0.25) is 9.59 Å². The Balaban J connectivity index is 1.49. The zero-order chi connectivity index (χ0) is 30.7. The van der Waals surface area contributed by atoms with Crippen molar-refractivity contribution in [3.05, 3.63) is 89.0 Å². The van der Waals surface area contributed by atoms with E-state index in [0.29, 0.717) is 28.2 Å². The van der Waals surface area contributed by atoms with Gasteiger partial charge in [0.2, 0.25) is 5.91 Å². The van der Waals surface area contributed by atoms with Crippen LogP contribution in [0.2, 0.25) is 0 Å². The predicted octanol–water partition coefficient (Wildman–Crippen LogP) is 4.50. The van der Waals surface area contributed by atoms with Gasteiger partial charge < -0.3 is 29.6 Å². The number of aryl methyl sites for hydroxylation is 1. The highest BCUT2D eigenvalue weighted by molar-refractivity contribution is 7.79. The molecule has 5 rings (SSSR count). The molecular weight excluding hydrogens is 572 g/mol. The molecule has 13 heteroatoms. The van der Waals surface area contributed by atoms with E-state index in [1.807, 2.05) is 0 Å². The number of rotatable bonds is 8. The monoisotopic (exact) mass is 598 g/mol. The largest absolute Gasteiger partial charge is 0.437 e. The number of amides is 2. The molecule has 0 spiro atoms. The van der Waals surface area contributed by atoms with Gasteiger partial charge in [0.1, 0.15) is 23.2 Å². The Hall–Kier alpha value is -5.32. The first-order valence-corrected chi connectivity index (χ1v) is 14.1. The summed E-state index contributed by atoms with van der Waals surface area (Å²) in [7, 11) is 3.30. The van der Waals surface area contributed by atoms with Crippen molar-refractivity contribution in [2.75, 3.05) is 24.7 Å². The maximum absolute atomic E-state index is 13.1. The van der Waals surface area contributed by atoms with Crippen molar-refractivity contribution >= 4 is 34.4 Å². The van der Waals surface area contributed by atoms with Crippen molar-refractivity contribution in [1.82, 2.24) is 14.9 Å². The van der Waals surface area contributed by atoms with Crippen LogP contribution in [0.5, 0.6) is 23.4 Å². The lowest BCUT2D eigenvalue weighted by Crippen LogP contribution is -2.41. The number of fused-ring (bicyclic) bond motifs is 1. The lowest BCUT2D eigenvalue weighted by Gasteiger charge is -2.27. The van der Waals surface area contributed by atoms with E-state index in [4.69, 9.17) is 9.47 Å². The van der Waals surface area contributed by atoms with E-state index in [2.05, 4.69) is 26.7 Å². The molecule has 1 aliphatic rings. The van der Waals surface area contributed by atoms with Gasteiger partial charge in [-0.05, 0) is 66.6 Å². The maximum atomic E-state index is 13.1. The molecule has 12 nitrogen and oxygen atoms in total. The molecule has 0 saturated carbocycles. The third kappa shape index (κ3) is 6.61. The number of aromatic nitrogens is 2. The molecule has 1 aliphatic heterocycles. The fraction of sp³-hybridized carbons (Fsp3) is 0.167. The molecule has 2 amide bonds. The number of nitrogens with one attached hydrogen (secondary N) is 2. The van der Waals surface area contributed by atoms with Crippen molar-refractivity contribution in [2.24, 2.45) is 0 Å². The quantitative estimate of drug-likeness (QED) is 0.246. The maximum Gasteiger partial charge on any atom is 0.327 e. The Labute approximate surface area is 249 Å². The SMILES string of the molecule is Cc1cc(Oc2nc(Oc3cccc(C(=O)N(C)C)c3)nc3c2NC(=O)C(Cc2ccc(S(=O)O)cc2)N3)ccc1C#N. The summed E-state index contributed by atoms with van der Waals surface area (Å²) >= 11 is -2.11. The topological polar surface area (TPSA) is 167 Å². The van der Waals surface area contributed by atoms with E-state index in [1.165, 1.54) is 17.0 Å². The van der Waals surface area contributed by atoms with Gasteiger partial charge >= 0.3 is 6.01 Å². The van der Waals surface area contributed by atoms with Crippen LogP contribution >= 0.6 is 0 Å². The Morgan fingerprint density at radius 1 is 1.07 bits per heavy atom. The average molecular weight is 599 g/mol. The molecule has 218 valence electrons. The standard InChI is InChI=1S/C30H26N6O6S/c1-17-13-22(10-9-20(17)16-31)41-28-25-26(32-24(27(37)33-25)14-18-7-11-23(12-8-18)43(39)40)34-30(35-28)42-21-6-4-5-19(15-21)29(38)36(2)3/h4-13,15,24H,14H2,1-3H3,(H,33,37)(H,39,40)(H,32,34,35). The number of ether oxygens (including phenoxy) is 2. The normalized spacial score (nSPS) is 14.4. The summed E-state index contributed by atoms with van der Waals surface area (Å²) in [6, 6.07) is 19.1. The van der Waals surface area contributed by atoms with Gasteiger partial charge in [-0.15, -0.1) is 0 Å². The van der Waals surface area contributed by atoms with Gasteiger partial charge in [0, 0.05) is 26.1 Å². The third-order valence-electron chi connectivity index (χ3n) is 6.52. The summed E-state index contributed by atoms with van der Waals surface area (Å²) < 4.78 is 32.6. The zero-order valence-electron chi connectivity index (χ0n) is 23.3. The van der Waals surface area contributed by atoms with E-state index in [9.17, 15) is 23.6 Å². The van der Waals surface area contributed by atoms with E-state index >= 15 is 0 Å². The summed E-state index contributed by atoms with van der Waals surface area (Å²) in [6.45, 7) is 1.77. The van der Waals surface area contributed by atoms with E-state index in [1.54, 1.807) is 75.6 Å². The van der Waals surface area contributed by atoms with Gasteiger partial charge in [-0.2, -0.15) is 15.2 Å². The second-order valence-electron chi connectivity index (χ2n) is 9.84. The fourth-order valence-corrected chi connectivity index (χ4v) is 4.68. The molecule has 0 saturated heterocycles.